The number of fused-ring (bicyclic) bond motifs is 9. The lowest BCUT2D eigenvalue weighted by Gasteiger charge is -2.34. The highest BCUT2D eigenvalue weighted by Crippen LogP contribution is 2.59. The Morgan fingerprint density at radius 2 is 0.472 bits per heavy atom. The Kier molecular flexibility index (Phi) is 15.0. The predicted octanol–water partition coefficient (Wildman–Crippen LogP) is 26.4. The standard InChI is InChI=1S/C78H52N2.C24H16N2/c1-5-21-55(22-6-1)77(69-33-17-13-29-63(69)64-30-14-18-34-70(64)77)57-41-45-61(46-42-57)79(59-25-9-3-10-26-59)73-51-39-53-38-50-68-74(52-40-54-37-49-67(73)75(53)76(54)68)80(60-27-11-4-12-28-60)62-47-43-58(44-48-62)78(56-23-7-2-8-24-56)71-35-19-15-31-65(71)66-32-16-20-36-72(66)78;1-3-7-17(8-4-1)19-13-15-25-23-21(19)11-12-22-20(14-16-26-24(22)23)18-9-5-2-6-10-18/h1-52H;1-16H. The largest absolute Gasteiger partial charge is 0.310 e. The molecule has 4 nitrogen and oxygen atoms in total. The van der Waals surface area contributed by atoms with Gasteiger partial charge in [-0.05, 0) is 183 Å². The van der Waals surface area contributed by atoms with Crippen molar-refractivity contribution < 1.29 is 0 Å². The minimum absolute atomic E-state index is 0.482. The summed E-state index contributed by atoms with van der Waals surface area (Å²) in [7, 11) is 0. The van der Waals surface area contributed by atoms with Gasteiger partial charge in [0.15, 0.2) is 0 Å². The minimum Gasteiger partial charge on any atom is -0.310 e. The van der Waals surface area contributed by atoms with Crippen LogP contribution in [0.5, 0.6) is 0 Å². The van der Waals surface area contributed by atoms with E-state index in [1.54, 1.807) is 0 Å². The van der Waals surface area contributed by atoms with Crippen molar-refractivity contribution in [3.8, 4) is 44.5 Å². The van der Waals surface area contributed by atoms with E-state index < -0.39 is 10.8 Å². The monoisotopic (exact) mass is 1350 g/mol. The molecule has 21 rings (SSSR count). The molecule has 0 bridgehead atoms. The molecule has 0 fully saturated rings. The van der Waals surface area contributed by atoms with Crippen LogP contribution < -0.4 is 9.80 Å². The van der Waals surface area contributed by atoms with Crippen molar-refractivity contribution in [2.45, 2.75) is 10.8 Å². The highest BCUT2D eigenvalue weighted by Gasteiger charge is 2.47. The van der Waals surface area contributed by atoms with Crippen molar-refractivity contribution in [3.63, 3.8) is 0 Å². The molecule has 17 aromatic carbocycles. The molecule has 0 saturated heterocycles. The predicted molar refractivity (Wildman–Crippen MR) is 442 cm³/mol. The van der Waals surface area contributed by atoms with E-state index in [1.165, 1.54) is 121 Å². The summed E-state index contributed by atoms with van der Waals surface area (Å²) in [6.45, 7) is 0. The number of anilines is 6. The molecule has 496 valence electrons. The number of aromatic nitrogens is 2. The van der Waals surface area contributed by atoms with E-state index >= 15 is 0 Å². The minimum atomic E-state index is -0.482. The van der Waals surface area contributed by atoms with Crippen LogP contribution in [0.15, 0.2) is 413 Å². The number of benzene rings is 17. The Hall–Kier alpha value is -13.8. The highest BCUT2D eigenvalue weighted by molar-refractivity contribution is 6.28. The van der Waals surface area contributed by atoms with Gasteiger partial charge in [-0.2, -0.15) is 0 Å². The topological polar surface area (TPSA) is 32.3 Å². The second-order valence-electron chi connectivity index (χ2n) is 27.7. The summed E-state index contributed by atoms with van der Waals surface area (Å²) >= 11 is 0. The quantitative estimate of drug-likeness (QED) is 0.114. The van der Waals surface area contributed by atoms with Crippen LogP contribution >= 0.6 is 0 Å². The third-order valence-corrected chi connectivity index (χ3v) is 22.4. The molecule has 2 heterocycles. The second-order valence-corrected chi connectivity index (χ2v) is 27.7. The maximum atomic E-state index is 4.67. The van der Waals surface area contributed by atoms with Crippen LogP contribution in [0.25, 0.3) is 98.6 Å². The van der Waals surface area contributed by atoms with Crippen molar-refractivity contribution >= 4 is 88.2 Å². The molecular weight excluding hydrogens is 1280 g/mol. The number of nitrogens with zero attached hydrogens (tertiary/aromatic N) is 4. The first-order chi connectivity index (χ1) is 52.6. The molecule has 0 amide bonds. The molecular formula is C102H68N4. The van der Waals surface area contributed by atoms with E-state index in [0.29, 0.717) is 0 Å². The maximum Gasteiger partial charge on any atom is 0.0970 e. The molecule has 106 heavy (non-hydrogen) atoms. The van der Waals surface area contributed by atoms with E-state index in [0.717, 1.165) is 55.9 Å². The fourth-order valence-electron chi connectivity index (χ4n) is 17.9. The van der Waals surface area contributed by atoms with Gasteiger partial charge >= 0.3 is 0 Å². The summed E-state index contributed by atoms with van der Waals surface area (Å²) in [4.78, 5) is 14.2. The summed E-state index contributed by atoms with van der Waals surface area (Å²) in [5, 5.41) is 9.59. The third kappa shape index (κ3) is 9.76. The highest BCUT2D eigenvalue weighted by atomic mass is 15.1. The van der Waals surface area contributed by atoms with Gasteiger partial charge in [0.05, 0.1) is 33.2 Å². The van der Waals surface area contributed by atoms with Gasteiger partial charge in [0, 0.05) is 56.7 Å². The summed E-state index contributed by atoms with van der Waals surface area (Å²) in [5.41, 5.74) is 27.7. The zero-order chi connectivity index (χ0) is 70.1. The molecule has 0 radical (unpaired) electrons. The Bertz CT molecular complexity index is 6000. The van der Waals surface area contributed by atoms with Crippen LogP contribution in [0.2, 0.25) is 0 Å². The van der Waals surface area contributed by atoms with Gasteiger partial charge in [-0.25, -0.2) is 0 Å². The fraction of sp³-hybridized carbons (Fsp3) is 0.0196. The van der Waals surface area contributed by atoms with Crippen molar-refractivity contribution in [1.82, 2.24) is 9.97 Å². The van der Waals surface area contributed by atoms with Crippen LogP contribution in [0.4, 0.5) is 34.1 Å². The van der Waals surface area contributed by atoms with Crippen LogP contribution in [0.3, 0.4) is 0 Å². The number of hydrogen-bond donors (Lipinski definition) is 0. The van der Waals surface area contributed by atoms with Crippen LogP contribution in [0, 0.1) is 0 Å². The van der Waals surface area contributed by atoms with E-state index in [2.05, 4.69) is 408 Å². The Balaban J connectivity index is 0.000000240. The van der Waals surface area contributed by atoms with E-state index in [9.17, 15) is 0 Å². The molecule has 2 aromatic heterocycles. The lowest BCUT2D eigenvalue weighted by molar-refractivity contribution is 0.768. The molecule has 0 unspecified atom stereocenters. The first-order valence-electron chi connectivity index (χ1n) is 36.5. The van der Waals surface area contributed by atoms with Crippen molar-refractivity contribution in [2.24, 2.45) is 0 Å². The molecule has 19 aromatic rings. The maximum absolute atomic E-state index is 4.67. The molecule has 0 atom stereocenters. The van der Waals surface area contributed by atoms with E-state index in [1.807, 2.05) is 24.5 Å². The first kappa shape index (κ1) is 62.0. The summed E-state index contributed by atoms with van der Waals surface area (Å²) in [6.07, 6.45) is 3.75. The summed E-state index contributed by atoms with van der Waals surface area (Å²) < 4.78 is 0. The smallest absolute Gasteiger partial charge is 0.0970 e. The summed E-state index contributed by atoms with van der Waals surface area (Å²) in [5.74, 6) is 0. The molecule has 0 aliphatic heterocycles. The van der Waals surface area contributed by atoms with Crippen LogP contribution in [-0.4, -0.2) is 9.97 Å². The van der Waals surface area contributed by atoms with Gasteiger partial charge in [-0.15, -0.1) is 0 Å². The van der Waals surface area contributed by atoms with Crippen LogP contribution in [0.1, 0.15) is 44.5 Å². The van der Waals surface area contributed by atoms with Crippen molar-refractivity contribution in [2.75, 3.05) is 9.80 Å². The first-order valence-corrected chi connectivity index (χ1v) is 36.5. The van der Waals surface area contributed by atoms with Gasteiger partial charge in [0.25, 0.3) is 0 Å². The van der Waals surface area contributed by atoms with Crippen molar-refractivity contribution in [3.05, 3.63) is 457 Å². The normalized spacial score (nSPS) is 12.9. The molecule has 0 saturated carbocycles. The molecule has 4 heteroatoms. The van der Waals surface area contributed by atoms with Crippen molar-refractivity contribution in [1.29, 1.82) is 0 Å². The summed E-state index contributed by atoms with van der Waals surface area (Å²) in [6, 6.07) is 147. The lowest BCUT2D eigenvalue weighted by atomic mass is 9.68. The van der Waals surface area contributed by atoms with Gasteiger partial charge < -0.3 is 9.80 Å². The fourth-order valence-corrected chi connectivity index (χ4v) is 17.9. The number of para-hydroxylation sites is 2. The SMILES string of the molecule is c1ccc(-c2ccnc3c2ccc2c(-c4ccccc4)ccnc23)cc1.c1ccc(N(c2ccc(C3(c4ccccc4)c4ccccc4-c4ccccc43)cc2)c2ccc3ccc4c(N(c5ccccc5)c5ccc(C6(c7ccccc7)c7ccccc7-c7ccccc76)cc5)ccc5ccc2c3c54)cc1. The zero-order valence-electron chi connectivity index (χ0n) is 58.0. The Morgan fingerprint density at radius 3 is 0.821 bits per heavy atom. The average molecular weight is 1350 g/mol. The van der Waals surface area contributed by atoms with E-state index in [4.69, 9.17) is 0 Å². The Labute approximate surface area is 616 Å². The second kappa shape index (κ2) is 25.6. The molecule has 0 spiro atoms. The van der Waals surface area contributed by atoms with Gasteiger partial charge in [-0.3, -0.25) is 9.97 Å². The van der Waals surface area contributed by atoms with E-state index in [-0.39, 0.29) is 0 Å². The lowest BCUT2D eigenvalue weighted by Crippen LogP contribution is -2.28. The third-order valence-electron chi connectivity index (χ3n) is 22.4. The van der Waals surface area contributed by atoms with Gasteiger partial charge in [0.2, 0.25) is 0 Å². The zero-order valence-corrected chi connectivity index (χ0v) is 58.0. The van der Waals surface area contributed by atoms with Gasteiger partial charge in [0.1, 0.15) is 0 Å². The number of hydrogen-bond acceptors (Lipinski definition) is 4. The molecule has 0 N–H and O–H groups in total. The number of rotatable bonds is 12. The van der Waals surface area contributed by atoms with Gasteiger partial charge in [-0.1, -0.05) is 328 Å². The number of pyridine rings is 2. The Morgan fingerprint density at radius 1 is 0.198 bits per heavy atom. The van der Waals surface area contributed by atoms with Crippen LogP contribution in [-0.2, 0) is 10.8 Å². The molecule has 2 aliphatic carbocycles. The average Bonchev–Trinajstić information content (AvgIpc) is 1.48. The molecule has 2 aliphatic rings.